The van der Waals surface area contributed by atoms with Gasteiger partial charge in [0.15, 0.2) is 0 Å². The van der Waals surface area contributed by atoms with E-state index in [1.165, 1.54) is 0 Å². The Morgan fingerprint density at radius 3 is 2.67 bits per heavy atom. The van der Waals surface area contributed by atoms with E-state index in [4.69, 9.17) is 15.6 Å². The van der Waals surface area contributed by atoms with Crippen LogP contribution in [0, 0.1) is 5.92 Å². The molecule has 3 atom stereocenters. The van der Waals surface area contributed by atoms with Crippen molar-refractivity contribution in [2.45, 2.75) is 25.2 Å². The molecule has 1 aromatic carbocycles. The van der Waals surface area contributed by atoms with Crippen LogP contribution in [-0.2, 0) is 11.3 Å². The van der Waals surface area contributed by atoms with Crippen LogP contribution in [0.25, 0.3) is 0 Å². The molecule has 1 aromatic rings. The van der Waals surface area contributed by atoms with Gasteiger partial charge in [-0.05, 0) is 12.0 Å². The first kappa shape index (κ1) is 10.6. The molecule has 0 spiro atoms. The number of benzene rings is 1. The van der Waals surface area contributed by atoms with E-state index in [2.05, 4.69) is 0 Å². The van der Waals surface area contributed by atoms with E-state index in [9.17, 15) is 0 Å². The second-order valence-corrected chi connectivity index (χ2v) is 4.08. The zero-order valence-corrected chi connectivity index (χ0v) is 8.67. The van der Waals surface area contributed by atoms with Gasteiger partial charge in [0.25, 0.3) is 0 Å². The van der Waals surface area contributed by atoms with Crippen LogP contribution in [0.1, 0.15) is 12.0 Å². The molecular formula is C12H17NO2. The van der Waals surface area contributed by atoms with Crippen molar-refractivity contribution < 1.29 is 9.84 Å². The normalized spacial score (nSPS) is 29.9. The molecular weight excluding hydrogens is 190 g/mol. The van der Waals surface area contributed by atoms with Gasteiger partial charge in [0.1, 0.15) is 0 Å². The Morgan fingerprint density at radius 2 is 2.07 bits per heavy atom. The van der Waals surface area contributed by atoms with Crippen LogP contribution in [0.4, 0.5) is 0 Å². The minimum absolute atomic E-state index is 0.107. The number of ether oxygens (including phenoxy) is 1. The first-order chi connectivity index (χ1) is 7.31. The van der Waals surface area contributed by atoms with Crippen molar-refractivity contribution in [3.63, 3.8) is 0 Å². The Kier molecular flexibility index (Phi) is 3.36. The molecule has 1 aliphatic carbocycles. The minimum atomic E-state index is 0.107. The summed E-state index contributed by atoms with van der Waals surface area (Å²) in [7, 11) is 0. The topological polar surface area (TPSA) is 55.5 Å². The molecule has 0 heterocycles. The number of aliphatic hydroxyl groups is 1. The van der Waals surface area contributed by atoms with Crippen LogP contribution in [0.2, 0.25) is 0 Å². The summed E-state index contributed by atoms with van der Waals surface area (Å²) in [5.41, 5.74) is 6.91. The van der Waals surface area contributed by atoms with Crippen LogP contribution in [0.15, 0.2) is 30.3 Å². The molecule has 82 valence electrons. The highest BCUT2D eigenvalue weighted by molar-refractivity contribution is 5.13. The third-order valence-corrected chi connectivity index (χ3v) is 3.05. The average Bonchev–Trinajstić information content (AvgIpc) is 2.26. The molecule has 3 heteroatoms. The SMILES string of the molecule is N[C@@H]1C[C@H](OCc2ccccc2)[C@@H]1CO. The molecule has 0 radical (unpaired) electrons. The second-order valence-electron chi connectivity index (χ2n) is 4.08. The summed E-state index contributed by atoms with van der Waals surface area (Å²) < 4.78 is 5.70. The predicted molar refractivity (Wildman–Crippen MR) is 58.2 cm³/mol. The molecule has 0 amide bonds. The lowest BCUT2D eigenvalue weighted by Crippen LogP contribution is -2.53. The van der Waals surface area contributed by atoms with Gasteiger partial charge in [-0.2, -0.15) is 0 Å². The molecule has 1 saturated carbocycles. The van der Waals surface area contributed by atoms with E-state index in [-0.39, 0.29) is 24.7 Å². The van der Waals surface area contributed by atoms with Crippen LogP contribution < -0.4 is 5.73 Å². The lowest BCUT2D eigenvalue weighted by atomic mass is 9.77. The molecule has 3 nitrogen and oxygen atoms in total. The van der Waals surface area contributed by atoms with E-state index < -0.39 is 0 Å². The third kappa shape index (κ3) is 2.37. The highest BCUT2D eigenvalue weighted by atomic mass is 16.5. The maximum atomic E-state index is 9.06. The largest absolute Gasteiger partial charge is 0.396 e. The smallest absolute Gasteiger partial charge is 0.0720 e. The third-order valence-electron chi connectivity index (χ3n) is 3.05. The maximum Gasteiger partial charge on any atom is 0.0720 e. The number of nitrogens with two attached hydrogens (primary N) is 1. The lowest BCUT2D eigenvalue weighted by Gasteiger charge is -2.41. The number of hydrogen-bond acceptors (Lipinski definition) is 3. The van der Waals surface area contributed by atoms with Crippen LogP contribution >= 0.6 is 0 Å². The molecule has 2 rings (SSSR count). The molecule has 0 aromatic heterocycles. The number of hydrogen-bond donors (Lipinski definition) is 2. The zero-order chi connectivity index (χ0) is 10.7. The van der Waals surface area contributed by atoms with Gasteiger partial charge >= 0.3 is 0 Å². The molecule has 1 aliphatic rings. The summed E-state index contributed by atoms with van der Waals surface area (Å²) in [6.07, 6.45) is 0.989. The lowest BCUT2D eigenvalue weighted by molar-refractivity contribution is -0.0848. The molecule has 1 fully saturated rings. The highest BCUT2D eigenvalue weighted by Gasteiger charge is 2.38. The summed E-state index contributed by atoms with van der Waals surface area (Å²) in [5, 5.41) is 9.06. The van der Waals surface area contributed by atoms with Gasteiger partial charge in [0, 0.05) is 18.6 Å². The fourth-order valence-electron chi connectivity index (χ4n) is 1.92. The Hall–Kier alpha value is -0.900. The minimum Gasteiger partial charge on any atom is -0.396 e. The molecule has 3 N–H and O–H groups in total. The van der Waals surface area contributed by atoms with Crippen molar-refractivity contribution >= 4 is 0 Å². The zero-order valence-electron chi connectivity index (χ0n) is 8.67. The van der Waals surface area contributed by atoms with Crippen molar-refractivity contribution in [2.75, 3.05) is 6.61 Å². The first-order valence-electron chi connectivity index (χ1n) is 5.33. The van der Waals surface area contributed by atoms with E-state index >= 15 is 0 Å². The predicted octanol–water partition coefficient (Wildman–Crippen LogP) is 0.911. The second kappa shape index (κ2) is 4.75. The van der Waals surface area contributed by atoms with Crippen molar-refractivity contribution in [2.24, 2.45) is 11.7 Å². The summed E-state index contributed by atoms with van der Waals surface area (Å²) >= 11 is 0. The Morgan fingerprint density at radius 1 is 1.33 bits per heavy atom. The van der Waals surface area contributed by atoms with E-state index in [0.29, 0.717) is 6.61 Å². The Balaban J connectivity index is 1.80. The standard InChI is InChI=1S/C12H17NO2/c13-11-6-12(10(11)7-14)15-8-9-4-2-1-3-5-9/h1-5,10-12,14H,6-8,13H2/t10-,11-,12+/m1/s1. The van der Waals surface area contributed by atoms with Crippen molar-refractivity contribution in [3.8, 4) is 0 Å². The van der Waals surface area contributed by atoms with Crippen LogP contribution in [0.5, 0.6) is 0 Å². The van der Waals surface area contributed by atoms with Gasteiger partial charge in [-0.1, -0.05) is 30.3 Å². The van der Waals surface area contributed by atoms with Crippen molar-refractivity contribution in [1.29, 1.82) is 0 Å². The van der Waals surface area contributed by atoms with Gasteiger partial charge in [-0.25, -0.2) is 0 Å². The van der Waals surface area contributed by atoms with Crippen molar-refractivity contribution in [1.82, 2.24) is 0 Å². The van der Waals surface area contributed by atoms with Gasteiger partial charge in [0.05, 0.1) is 12.7 Å². The van der Waals surface area contributed by atoms with Crippen LogP contribution in [0.3, 0.4) is 0 Å². The summed E-state index contributed by atoms with van der Waals surface area (Å²) in [4.78, 5) is 0. The average molecular weight is 207 g/mol. The maximum absolute atomic E-state index is 9.06. The van der Waals surface area contributed by atoms with Gasteiger partial charge in [-0.3, -0.25) is 0 Å². The van der Waals surface area contributed by atoms with Crippen molar-refractivity contribution in [3.05, 3.63) is 35.9 Å². The van der Waals surface area contributed by atoms with Gasteiger partial charge in [-0.15, -0.1) is 0 Å². The fraction of sp³-hybridized carbons (Fsp3) is 0.500. The fourth-order valence-corrected chi connectivity index (χ4v) is 1.92. The van der Waals surface area contributed by atoms with Crippen LogP contribution in [-0.4, -0.2) is 23.9 Å². The monoisotopic (exact) mass is 207 g/mol. The Labute approximate surface area is 89.9 Å². The summed E-state index contributed by atoms with van der Waals surface area (Å²) in [6.45, 7) is 0.731. The van der Waals surface area contributed by atoms with E-state index in [0.717, 1.165) is 12.0 Å². The first-order valence-corrected chi connectivity index (χ1v) is 5.33. The number of aliphatic hydroxyl groups excluding tert-OH is 1. The van der Waals surface area contributed by atoms with Gasteiger partial charge in [0.2, 0.25) is 0 Å². The summed E-state index contributed by atoms with van der Waals surface area (Å²) in [6, 6.07) is 10.2. The number of rotatable bonds is 4. The van der Waals surface area contributed by atoms with E-state index in [1.807, 2.05) is 30.3 Å². The molecule has 0 aliphatic heterocycles. The summed E-state index contributed by atoms with van der Waals surface area (Å²) in [5.74, 6) is 0.119. The quantitative estimate of drug-likeness (QED) is 0.771. The molecule has 0 saturated heterocycles. The van der Waals surface area contributed by atoms with E-state index in [1.54, 1.807) is 0 Å². The highest BCUT2D eigenvalue weighted by Crippen LogP contribution is 2.29. The Bertz CT molecular complexity index is 302. The molecule has 0 unspecified atom stereocenters. The van der Waals surface area contributed by atoms with Gasteiger partial charge < -0.3 is 15.6 Å². The molecule has 15 heavy (non-hydrogen) atoms. The molecule has 0 bridgehead atoms.